The molecule has 7 heteroatoms. The Balaban J connectivity index is 2.36. The molecule has 0 amide bonds. The van der Waals surface area contributed by atoms with Crippen LogP contribution in [0.1, 0.15) is 0 Å². The van der Waals surface area contributed by atoms with Gasteiger partial charge >= 0.3 is 0 Å². The summed E-state index contributed by atoms with van der Waals surface area (Å²) in [7, 11) is -3.84. The predicted molar refractivity (Wildman–Crippen MR) is 75.8 cm³/mol. The summed E-state index contributed by atoms with van der Waals surface area (Å²) in [4.78, 5) is 0.0149. The SMILES string of the molecule is Nc1ccc(S(=O)(=O)Nc2cc(Br)ccc2F)cc1. The van der Waals surface area contributed by atoms with Crippen LogP contribution in [0, 0.1) is 5.82 Å². The molecule has 0 unspecified atom stereocenters. The molecule has 2 rings (SSSR count). The van der Waals surface area contributed by atoms with E-state index < -0.39 is 15.8 Å². The van der Waals surface area contributed by atoms with Crippen molar-refractivity contribution in [3.8, 4) is 0 Å². The normalized spacial score (nSPS) is 11.3. The second-order valence-corrected chi connectivity index (χ2v) is 6.40. The number of nitrogens with two attached hydrogens (primary N) is 1. The maximum Gasteiger partial charge on any atom is 0.261 e. The highest BCUT2D eigenvalue weighted by molar-refractivity contribution is 9.10. The third-order valence-corrected chi connectivity index (χ3v) is 4.24. The number of nitrogens with one attached hydrogen (secondary N) is 1. The largest absolute Gasteiger partial charge is 0.399 e. The molecular formula is C12H10BrFN2O2S. The molecular weight excluding hydrogens is 335 g/mol. The molecule has 0 saturated carbocycles. The fourth-order valence-electron chi connectivity index (χ4n) is 1.43. The standard InChI is InChI=1S/C12H10BrFN2O2S/c13-8-1-6-11(14)12(7-8)16-19(17,18)10-4-2-9(15)3-5-10/h1-7,16H,15H2. The van der Waals surface area contributed by atoms with Crippen molar-refractivity contribution < 1.29 is 12.8 Å². The van der Waals surface area contributed by atoms with Crippen molar-refractivity contribution in [2.75, 3.05) is 10.5 Å². The molecule has 0 aliphatic rings. The van der Waals surface area contributed by atoms with Crippen LogP contribution in [0.5, 0.6) is 0 Å². The molecule has 0 aromatic heterocycles. The van der Waals surface area contributed by atoms with Gasteiger partial charge in [0.05, 0.1) is 10.6 Å². The first-order valence-corrected chi connectivity index (χ1v) is 7.49. The maximum atomic E-state index is 13.5. The van der Waals surface area contributed by atoms with Crippen molar-refractivity contribution in [1.29, 1.82) is 0 Å². The van der Waals surface area contributed by atoms with E-state index in [1.807, 2.05) is 0 Å². The van der Waals surface area contributed by atoms with Crippen LogP contribution in [0.25, 0.3) is 0 Å². The minimum Gasteiger partial charge on any atom is -0.399 e. The number of nitrogen functional groups attached to an aromatic ring is 1. The number of benzene rings is 2. The zero-order valence-electron chi connectivity index (χ0n) is 9.60. The van der Waals surface area contributed by atoms with Gasteiger partial charge in [0.1, 0.15) is 5.82 Å². The van der Waals surface area contributed by atoms with Gasteiger partial charge in [0, 0.05) is 10.2 Å². The van der Waals surface area contributed by atoms with Crippen molar-refractivity contribution in [2.24, 2.45) is 0 Å². The average molecular weight is 345 g/mol. The Morgan fingerprint density at radius 3 is 2.37 bits per heavy atom. The molecule has 0 atom stereocenters. The van der Waals surface area contributed by atoms with E-state index in [4.69, 9.17) is 5.73 Å². The first-order valence-electron chi connectivity index (χ1n) is 5.22. The van der Waals surface area contributed by atoms with Gasteiger partial charge in [0.25, 0.3) is 10.0 Å². The molecule has 0 aliphatic heterocycles. The minimum absolute atomic E-state index is 0.0149. The molecule has 0 saturated heterocycles. The van der Waals surface area contributed by atoms with Crippen molar-refractivity contribution in [3.05, 3.63) is 52.8 Å². The first-order chi connectivity index (χ1) is 8.88. The lowest BCUT2D eigenvalue weighted by Gasteiger charge is -2.09. The van der Waals surface area contributed by atoms with Crippen molar-refractivity contribution in [1.82, 2.24) is 0 Å². The predicted octanol–water partition coefficient (Wildman–Crippen LogP) is 2.97. The van der Waals surface area contributed by atoms with Crippen LogP contribution in [0.2, 0.25) is 0 Å². The number of anilines is 2. The summed E-state index contributed by atoms with van der Waals surface area (Å²) in [6.45, 7) is 0. The Labute approximate surface area is 118 Å². The second-order valence-electron chi connectivity index (χ2n) is 3.80. The molecule has 2 aromatic carbocycles. The summed E-state index contributed by atoms with van der Waals surface area (Å²) >= 11 is 3.15. The molecule has 3 N–H and O–H groups in total. The Bertz CT molecular complexity index is 702. The third kappa shape index (κ3) is 3.24. The van der Waals surface area contributed by atoms with Gasteiger partial charge in [-0.15, -0.1) is 0 Å². The summed E-state index contributed by atoms with van der Waals surface area (Å²) in [5.74, 6) is -0.651. The summed E-state index contributed by atoms with van der Waals surface area (Å²) < 4.78 is 40.4. The van der Waals surface area contributed by atoms with Crippen LogP contribution in [0.15, 0.2) is 51.8 Å². The van der Waals surface area contributed by atoms with E-state index in [0.29, 0.717) is 10.2 Å². The van der Waals surface area contributed by atoms with Crippen LogP contribution in [0.3, 0.4) is 0 Å². The lowest BCUT2D eigenvalue weighted by atomic mass is 10.3. The number of rotatable bonds is 3. The molecule has 0 fully saturated rings. The molecule has 0 spiro atoms. The Kier molecular flexibility index (Phi) is 3.77. The van der Waals surface area contributed by atoms with Gasteiger partial charge in [-0.1, -0.05) is 15.9 Å². The van der Waals surface area contributed by atoms with Crippen LogP contribution in [0.4, 0.5) is 15.8 Å². The number of halogens is 2. The van der Waals surface area contributed by atoms with Crippen LogP contribution < -0.4 is 10.5 Å². The number of sulfonamides is 1. The maximum absolute atomic E-state index is 13.5. The number of hydrogen-bond acceptors (Lipinski definition) is 3. The van der Waals surface area contributed by atoms with E-state index in [-0.39, 0.29) is 10.6 Å². The summed E-state index contributed by atoms with van der Waals surface area (Å²) in [5.41, 5.74) is 5.82. The molecule has 0 aliphatic carbocycles. The minimum atomic E-state index is -3.84. The molecule has 100 valence electrons. The first kappa shape index (κ1) is 13.8. The third-order valence-electron chi connectivity index (χ3n) is 2.36. The van der Waals surface area contributed by atoms with Gasteiger partial charge < -0.3 is 5.73 Å². The van der Waals surface area contributed by atoms with Crippen LogP contribution in [-0.4, -0.2) is 8.42 Å². The fourth-order valence-corrected chi connectivity index (χ4v) is 2.85. The molecule has 0 heterocycles. The Morgan fingerprint density at radius 2 is 1.74 bits per heavy atom. The fraction of sp³-hybridized carbons (Fsp3) is 0. The highest BCUT2D eigenvalue weighted by Crippen LogP contribution is 2.23. The summed E-state index contributed by atoms with van der Waals surface area (Å²) in [5, 5.41) is 0. The van der Waals surface area contributed by atoms with E-state index in [9.17, 15) is 12.8 Å². The van der Waals surface area contributed by atoms with Gasteiger partial charge in [-0.25, -0.2) is 12.8 Å². The van der Waals surface area contributed by atoms with Gasteiger partial charge in [0.15, 0.2) is 0 Å². The van der Waals surface area contributed by atoms with E-state index in [2.05, 4.69) is 20.7 Å². The molecule has 19 heavy (non-hydrogen) atoms. The molecule has 2 aromatic rings. The van der Waals surface area contributed by atoms with Gasteiger partial charge in [-0.2, -0.15) is 0 Å². The van der Waals surface area contributed by atoms with Gasteiger partial charge in [-0.05, 0) is 42.5 Å². The van der Waals surface area contributed by atoms with E-state index >= 15 is 0 Å². The van der Waals surface area contributed by atoms with Crippen LogP contribution in [-0.2, 0) is 10.0 Å². The Morgan fingerprint density at radius 1 is 1.11 bits per heavy atom. The zero-order chi connectivity index (χ0) is 14.0. The van der Waals surface area contributed by atoms with E-state index in [1.54, 1.807) is 0 Å². The van der Waals surface area contributed by atoms with Crippen LogP contribution >= 0.6 is 15.9 Å². The second kappa shape index (κ2) is 5.18. The lowest BCUT2D eigenvalue weighted by molar-refractivity contribution is 0.598. The van der Waals surface area contributed by atoms with Gasteiger partial charge in [0.2, 0.25) is 0 Å². The van der Waals surface area contributed by atoms with E-state index in [1.165, 1.54) is 42.5 Å². The average Bonchev–Trinajstić information content (AvgIpc) is 2.34. The summed E-state index contributed by atoms with van der Waals surface area (Å²) in [6.07, 6.45) is 0. The Hall–Kier alpha value is -1.60. The highest BCUT2D eigenvalue weighted by Gasteiger charge is 2.16. The highest BCUT2D eigenvalue weighted by atomic mass is 79.9. The number of hydrogen-bond donors (Lipinski definition) is 2. The zero-order valence-corrected chi connectivity index (χ0v) is 12.0. The lowest BCUT2D eigenvalue weighted by Crippen LogP contribution is -2.14. The summed E-state index contributed by atoms with van der Waals surface area (Å²) in [6, 6.07) is 9.64. The van der Waals surface area contributed by atoms with Gasteiger partial charge in [-0.3, -0.25) is 4.72 Å². The van der Waals surface area contributed by atoms with E-state index in [0.717, 1.165) is 0 Å². The monoisotopic (exact) mass is 344 g/mol. The molecule has 0 radical (unpaired) electrons. The van der Waals surface area contributed by atoms with Crippen molar-refractivity contribution in [3.63, 3.8) is 0 Å². The van der Waals surface area contributed by atoms with Crippen molar-refractivity contribution in [2.45, 2.75) is 4.90 Å². The smallest absolute Gasteiger partial charge is 0.261 e. The molecule has 4 nitrogen and oxygen atoms in total. The van der Waals surface area contributed by atoms with Crippen molar-refractivity contribution >= 4 is 37.3 Å². The molecule has 0 bridgehead atoms. The quantitative estimate of drug-likeness (QED) is 0.840. The topological polar surface area (TPSA) is 72.2 Å².